The summed E-state index contributed by atoms with van der Waals surface area (Å²) in [4.78, 5) is 12.4. The van der Waals surface area contributed by atoms with Gasteiger partial charge in [0.25, 0.3) is 10.0 Å². The summed E-state index contributed by atoms with van der Waals surface area (Å²) < 4.78 is 31.7. The van der Waals surface area contributed by atoms with Gasteiger partial charge in [-0.2, -0.15) is 4.31 Å². The van der Waals surface area contributed by atoms with Crippen LogP contribution in [0.25, 0.3) is 0 Å². The van der Waals surface area contributed by atoms with Gasteiger partial charge in [0.15, 0.2) is 0 Å². The third kappa shape index (κ3) is 2.63. The first-order valence-corrected chi connectivity index (χ1v) is 8.82. The quantitative estimate of drug-likeness (QED) is 0.800. The zero-order valence-electron chi connectivity index (χ0n) is 12.4. The molecule has 6 heteroatoms. The molecular formula is C16H19NO4S. The second-order valence-electron chi connectivity index (χ2n) is 5.91. The van der Waals surface area contributed by atoms with Crippen LogP contribution in [0.15, 0.2) is 41.8 Å². The van der Waals surface area contributed by atoms with E-state index in [1.54, 1.807) is 12.1 Å². The second-order valence-corrected chi connectivity index (χ2v) is 7.73. The molecule has 3 rings (SSSR count). The van der Waals surface area contributed by atoms with Crippen molar-refractivity contribution in [3.63, 3.8) is 0 Å². The Bertz CT molecular complexity index is 691. The van der Waals surface area contributed by atoms with Crippen LogP contribution in [0.2, 0.25) is 0 Å². The van der Waals surface area contributed by atoms with E-state index >= 15 is 0 Å². The summed E-state index contributed by atoms with van der Waals surface area (Å²) in [6.07, 6.45) is 3.07. The number of amides is 1. The molecule has 1 amide bonds. The Kier molecular flexibility index (Phi) is 3.72. The first kappa shape index (κ1) is 15.1. The summed E-state index contributed by atoms with van der Waals surface area (Å²) in [6.45, 7) is 5.56. The molecule has 1 aliphatic heterocycles. The van der Waals surface area contributed by atoms with Crippen LogP contribution >= 0.6 is 0 Å². The van der Waals surface area contributed by atoms with Crippen molar-refractivity contribution in [1.29, 1.82) is 0 Å². The number of nitrogens with zero attached hydrogens (tertiary/aromatic N) is 1. The third-order valence-electron chi connectivity index (χ3n) is 4.20. The Morgan fingerprint density at radius 2 is 1.91 bits per heavy atom. The number of carbonyl (C=O) groups is 1. The Balaban J connectivity index is 1.92. The van der Waals surface area contributed by atoms with Gasteiger partial charge >= 0.3 is 6.09 Å². The molecule has 2 atom stereocenters. The standard InChI is InChI=1S/C16H19NO4S/c1-3-13-10-15(12-6-7-12)21-16(18)17(13)22(19,20)14-8-4-11(2)5-9-14/h3-5,8-9,12-13,15H,1,6-7,10H2,2H3/t13-,15-/m0/s1. The minimum Gasteiger partial charge on any atom is -0.445 e. The molecular weight excluding hydrogens is 302 g/mol. The number of carbonyl (C=O) groups excluding carboxylic acids is 1. The molecule has 1 aromatic rings. The molecule has 0 unspecified atom stereocenters. The first-order valence-electron chi connectivity index (χ1n) is 7.38. The van der Waals surface area contributed by atoms with E-state index in [1.165, 1.54) is 18.2 Å². The number of hydrogen-bond donors (Lipinski definition) is 0. The fourth-order valence-corrected chi connectivity index (χ4v) is 4.22. The molecule has 0 aromatic heterocycles. The highest BCUT2D eigenvalue weighted by atomic mass is 32.2. The van der Waals surface area contributed by atoms with Crippen molar-refractivity contribution in [2.24, 2.45) is 5.92 Å². The van der Waals surface area contributed by atoms with E-state index in [1.807, 2.05) is 6.92 Å². The molecule has 2 aliphatic rings. The van der Waals surface area contributed by atoms with Crippen molar-refractivity contribution in [3.8, 4) is 0 Å². The molecule has 1 saturated heterocycles. The van der Waals surface area contributed by atoms with Gasteiger partial charge in [-0.3, -0.25) is 0 Å². The number of cyclic esters (lactones) is 1. The van der Waals surface area contributed by atoms with Crippen LogP contribution in [-0.4, -0.2) is 31.0 Å². The van der Waals surface area contributed by atoms with E-state index in [0.29, 0.717) is 12.3 Å². The number of ether oxygens (including phenoxy) is 1. The molecule has 5 nitrogen and oxygen atoms in total. The number of sulfonamides is 1. The van der Waals surface area contributed by atoms with E-state index < -0.39 is 22.2 Å². The molecule has 1 aromatic carbocycles. The second kappa shape index (κ2) is 5.43. The highest BCUT2D eigenvalue weighted by Gasteiger charge is 2.46. The average Bonchev–Trinajstić information content (AvgIpc) is 3.31. The van der Waals surface area contributed by atoms with Gasteiger partial charge in [-0.1, -0.05) is 23.8 Å². The van der Waals surface area contributed by atoms with Crippen molar-refractivity contribution in [2.75, 3.05) is 0 Å². The van der Waals surface area contributed by atoms with Crippen molar-refractivity contribution in [2.45, 2.75) is 43.2 Å². The maximum Gasteiger partial charge on any atom is 0.424 e. The van der Waals surface area contributed by atoms with Crippen LogP contribution in [0.1, 0.15) is 24.8 Å². The lowest BCUT2D eigenvalue weighted by Gasteiger charge is -2.36. The lowest BCUT2D eigenvalue weighted by atomic mass is 10.0. The van der Waals surface area contributed by atoms with Crippen LogP contribution in [0.5, 0.6) is 0 Å². The first-order chi connectivity index (χ1) is 10.4. The lowest BCUT2D eigenvalue weighted by Crippen LogP contribution is -2.51. The summed E-state index contributed by atoms with van der Waals surface area (Å²) in [6, 6.07) is 5.87. The lowest BCUT2D eigenvalue weighted by molar-refractivity contribution is 0.0255. The normalized spacial score (nSPS) is 25.7. The molecule has 118 valence electrons. The zero-order valence-corrected chi connectivity index (χ0v) is 13.3. The molecule has 1 aliphatic carbocycles. The maximum absolute atomic E-state index is 12.7. The molecule has 0 bridgehead atoms. The Labute approximate surface area is 130 Å². The fourth-order valence-electron chi connectivity index (χ4n) is 2.75. The van der Waals surface area contributed by atoms with Gasteiger partial charge in [0.2, 0.25) is 0 Å². The fraction of sp³-hybridized carbons (Fsp3) is 0.438. The zero-order chi connectivity index (χ0) is 15.9. The van der Waals surface area contributed by atoms with E-state index in [-0.39, 0.29) is 11.0 Å². The third-order valence-corrected chi connectivity index (χ3v) is 6.01. The van der Waals surface area contributed by atoms with Gasteiger partial charge in [-0.25, -0.2) is 13.2 Å². The molecule has 1 heterocycles. The largest absolute Gasteiger partial charge is 0.445 e. The van der Waals surface area contributed by atoms with Gasteiger partial charge < -0.3 is 4.74 Å². The van der Waals surface area contributed by atoms with Gasteiger partial charge in [0.1, 0.15) is 6.10 Å². The summed E-state index contributed by atoms with van der Waals surface area (Å²) in [5, 5.41) is 0. The average molecular weight is 321 g/mol. The Hall–Kier alpha value is -1.82. The molecule has 0 spiro atoms. The van der Waals surface area contributed by atoms with Crippen molar-refractivity contribution in [1.82, 2.24) is 4.31 Å². The Morgan fingerprint density at radius 1 is 1.27 bits per heavy atom. The molecule has 2 fully saturated rings. The smallest absolute Gasteiger partial charge is 0.424 e. The van der Waals surface area contributed by atoms with Crippen LogP contribution in [0.3, 0.4) is 0 Å². The highest BCUT2D eigenvalue weighted by molar-refractivity contribution is 7.89. The van der Waals surface area contributed by atoms with Crippen LogP contribution in [0, 0.1) is 12.8 Å². The molecule has 0 radical (unpaired) electrons. The summed E-state index contributed by atoms with van der Waals surface area (Å²) in [7, 11) is -3.93. The van der Waals surface area contributed by atoms with Gasteiger partial charge in [-0.15, -0.1) is 6.58 Å². The summed E-state index contributed by atoms with van der Waals surface area (Å²) in [5.74, 6) is 0.371. The molecule has 1 saturated carbocycles. The summed E-state index contributed by atoms with van der Waals surface area (Å²) >= 11 is 0. The number of rotatable bonds is 4. The van der Waals surface area contributed by atoms with E-state index in [9.17, 15) is 13.2 Å². The van der Waals surface area contributed by atoms with Gasteiger partial charge in [0.05, 0.1) is 10.9 Å². The topological polar surface area (TPSA) is 63.7 Å². The van der Waals surface area contributed by atoms with Crippen molar-refractivity contribution in [3.05, 3.63) is 42.5 Å². The van der Waals surface area contributed by atoms with E-state index in [4.69, 9.17) is 4.74 Å². The predicted octanol–water partition coefficient (Wildman–Crippen LogP) is 2.86. The van der Waals surface area contributed by atoms with Crippen LogP contribution in [-0.2, 0) is 14.8 Å². The van der Waals surface area contributed by atoms with E-state index in [2.05, 4.69) is 6.58 Å². The molecule has 0 N–H and O–H groups in total. The minimum absolute atomic E-state index is 0.0896. The van der Waals surface area contributed by atoms with Crippen molar-refractivity contribution >= 4 is 16.1 Å². The highest BCUT2D eigenvalue weighted by Crippen LogP contribution is 2.40. The molecule has 22 heavy (non-hydrogen) atoms. The minimum atomic E-state index is -3.93. The Morgan fingerprint density at radius 3 is 2.45 bits per heavy atom. The van der Waals surface area contributed by atoms with E-state index in [0.717, 1.165) is 22.7 Å². The number of benzene rings is 1. The number of aryl methyl sites for hydroxylation is 1. The van der Waals surface area contributed by atoms with Gasteiger partial charge in [0, 0.05) is 6.42 Å². The number of hydrogen-bond acceptors (Lipinski definition) is 4. The summed E-state index contributed by atoms with van der Waals surface area (Å²) in [5.41, 5.74) is 0.953. The SMILES string of the molecule is C=C[C@H]1C[C@@H](C2CC2)OC(=O)N1S(=O)(=O)c1ccc(C)cc1. The monoisotopic (exact) mass is 321 g/mol. The van der Waals surface area contributed by atoms with Crippen LogP contribution < -0.4 is 0 Å². The van der Waals surface area contributed by atoms with Gasteiger partial charge in [-0.05, 0) is 37.8 Å². The maximum atomic E-state index is 12.7. The van der Waals surface area contributed by atoms with Crippen LogP contribution in [0.4, 0.5) is 4.79 Å². The van der Waals surface area contributed by atoms with Crippen molar-refractivity contribution < 1.29 is 17.9 Å². The predicted molar refractivity (Wildman–Crippen MR) is 81.8 cm³/mol.